The van der Waals surface area contributed by atoms with E-state index >= 15 is 0 Å². The molecule has 0 saturated heterocycles. The summed E-state index contributed by atoms with van der Waals surface area (Å²) in [6.45, 7) is 1.71. The second-order valence-corrected chi connectivity index (χ2v) is 6.01. The summed E-state index contributed by atoms with van der Waals surface area (Å²) in [7, 11) is 0. The van der Waals surface area contributed by atoms with Gasteiger partial charge in [0.15, 0.2) is 0 Å². The maximum absolute atomic E-state index is 12.6. The van der Waals surface area contributed by atoms with Gasteiger partial charge in [-0.3, -0.25) is 0 Å². The predicted octanol–water partition coefficient (Wildman–Crippen LogP) is 2.55. The second kappa shape index (κ2) is 6.03. The van der Waals surface area contributed by atoms with Crippen molar-refractivity contribution in [1.82, 2.24) is 0 Å². The number of rotatable bonds is 3. The molecule has 0 amide bonds. The zero-order valence-corrected chi connectivity index (χ0v) is 13.9. The van der Waals surface area contributed by atoms with Crippen LogP contribution in [-0.4, -0.2) is 23.5 Å². The van der Waals surface area contributed by atoms with Crippen molar-refractivity contribution in [1.29, 1.82) is 0 Å². The van der Waals surface area contributed by atoms with Gasteiger partial charge < -0.3 is 23.4 Å². The van der Waals surface area contributed by atoms with Gasteiger partial charge in [-0.05, 0) is 31.2 Å². The van der Waals surface area contributed by atoms with E-state index in [1.165, 1.54) is 6.26 Å². The minimum Gasteiger partial charge on any atom is -0.469 e. The Labute approximate surface area is 147 Å². The van der Waals surface area contributed by atoms with Crippen LogP contribution in [0.2, 0.25) is 0 Å². The summed E-state index contributed by atoms with van der Waals surface area (Å²) in [6.07, 6.45) is 1.23. The molecule has 1 aliphatic rings. The number of furan rings is 1. The first kappa shape index (κ1) is 16.4. The summed E-state index contributed by atoms with van der Waals surface area (Å²) in [5.41, 5.74) is -0.110. The summed E-state index contributed by atoms with van der Waals surface area (Å²) in [5, 5.41) is 11.3. The molecule has 1 N–H and O–H groups in total. The van der Waals surface area contributed by atoms with E-state index < -0.39 is 23.3 Å². The maximum Gasteiger partial charge on any atom is 0.379 e. The summed E-state index contributed by atoms with van der Waals surface area (Å²) in [4.78, 5) is 24.9. The average Bonchev–Trinajstić information content (AvgIpc) is 3.16. The number of ether oxygens (including phenoxy) is 2. The lowest BCUT2D eigenvalue weighted by molar-refractivity contribution is -0.205. The predicted molar refractivity (Wildman–Crippen MR) is 89.9 cm³/mol. The molecule has 7 nitrogen and oxygen atoms in total. The number of benzene rings is 1. The Hall–Kier alpha value is -3.06. The lowest BCUT2D eigenvalue weighted by Crippen LogP contribution is -2.50. The molecule has 0 aliphatic carbocycles. The molecule has 1 aromatic carbocycles. The monoisotopic (exact) mass is 356 g/mol. The van der Waals surface area contributed by atoms with Gasteiger partial charge in [0.2, 0.25) is 0 Å². The van der Waals surface area contributed by atoms with Gasteiger partial charge in [-0.15, -0.1) is 0 Å². The number of carbonyl (C=O) groups is 1. The highest BCUT2D eigenvalue weighted by atomic mass is 16.7. The van der Waals surface area contributed by atoms with Gasteiger partial charge in [-0.1, -0.05) is 12.1 Å². The third kappa shape index (κ3) is 2.48. The number of carbonyl (C=O) groups excluding carboxylic acids is 1. The van der Waals surface area contributed by atoms with E-state index in [2.05, 4.69) is 0 Å². The van der Waals surface area contributed by atoms with Crippen molar-refractivity contribution in [3.8, 4) is 5.75 Å². The van der Waals surface area contributed by atoms with E-state index in [9.17, 15) is 14.7 Å². The number of para-hydroxylation sites is 1. The van der Waals surface area contributed by atoms with Gasteiger partial charge in [0.25, 0.3) is 0 Å². The molecule has 0 unspecified atom stereocenters. The van der Waals surface area contributed by atoms with E-state index in [-0.39, 0.29) is 24.3 Å². The van der Waals surface area contributed by atoms with Crippen molar-refractivity contribution in [2.24, 2.45) is 0 Å². The van der Waals surface area contributed by atoms with Crippen LogP contribution < -0.4 is 10.4 Å². The van der Waals surface area contributed by atoms with E-state index in [0.717, 1.165) is 0 Å². The molecule has 3 aromatic rings. The molecule has 26 heavy (non-hydrogen) atoms. The van der Waals surface area contributed by atoms with Crippen molar-refractivity contribution < 1.29 is 28.2 Å². The van der Waals surface area contributed by atoms with Gasteiger partial charge in [-0.25, -0.2) is 9.59 Å². The zero-order valence-electron chi connectivity index (χ0n) is 13.9. The van der Waals surface area contributed by atoms with Crippen LogP contribution in [0.25, 0.3) is 11.0 Å². The summed E-state index contributed by atoms with van der Waals surface area (Å²) in [5.74, 6) is -3.36. The molecular formula is C19H16O7. The Balaban J connectivity index is 1.97. The topological polar surface area (TPSA) is 99.1 Å². The number of esters is 1. The summed E-state index contributed by atoms with van der Waals surface area (Å²) >= 11 is 0. The first-order valence-electron chi connectivity index (χ1n) is 8.21. The normalized spacial score (nSPS) is 21.8. The molecule has 2 atom stereocenters. The zero-order chi connectivity index (χ0) is 18.3. The van der Waals surface area contributed by atoms with Crippen LogP contribution in [0.4, 0.5) is 0 Å². The third-order valence-corrected chi connectivity index (χ3v) is 4.38. The summed E-state index contributed by atoms with van der Waals surface area (Å²) < 4.78 is 21.4. The number of hydrogen-bond acceptors (Lipinski definition) is 7. The smallest absolute Gasteiger partial charge is 0.379 e. The van der Waals surface area contributed by atoms with E-state index in [0.29, 0.717) is 16.7 Å². The molecule has 7 heteroatoms. The molecule has 0 saturated carbocycles. The fourth-order valence-corrected chi connectivity index (χ4v) is 3.24. The number of hydrogen-bond donors (Lipinski definition) is 1. The second-order valence-electron chi connectivity index (χ2n) is 6.01. The van der Waals surface area contributed by atoms with Gasteiger partial charge in [0.1, 0.15) is 17.1 Å². The van der Waals surface area contributed by atoms with E-state index in [4.69, 9.17) is 18.3 Å². The third-order valence-electron chi connectivity index (χ3n) is 4.38. The molecule has 0 fully saturated rings. The van der Waals surface area contributed by atoms with E-state index in [1.807, 2.05) is 0 Å². The van der Waals surface area contributed by atoms with Crippen LogP contribution in [-0.2, 0) is 9.53 Å². The van der Waals surface area contributed by atoms with Crippen molar-refractivity contribution in [3.63, 3.8) is 0 Å². The van der Waals surface area contributed by atoms with Crippen molar-refractivity contribution >= 4 is 16.9 Å². The molecule has 2 aromatic heterocycles. The van der Waals surface area contributed by atoms with Crippen LogP contribution in [0.15, 0.2) is 56.3 Å². The molecule has 1 aliphatic heterocycles. The van der Waals surface area contributed by atoms with Crippen LogP contribution in [0, 0.1) is 0 Å². The van der Waals surface area contributed by atoms with Crippen LogP contribution in [0.1, 0.15) is 30.6 Å². The van der Waals surface area contributed by atoms with Gasteiger partial charge >= 0.3 is 17.4 Å². The van der Waals surface area contributed by atoms with Crippen LogP contribution in [0.5, 0.6) is 5.75 Å². The Bertz CT molecular complexity index is 1020. The number of fused-ring (bicyclic) bond motifs is 3. The Morgan fingerprint density at radius 2 is 2.12 bits per heavy atom. The maximum atomic E-state index is 12.6. The largest absolute Gasteiger partial charge is 0.469 e. The minimum absolute atomic E-state index is 0.0838. The van der Waals surface area contributed by atoms with Gasteiger partial charge in [0, 0.05) is 6.42 Å². The molecule has 0 radical (unpaired) electrons. The Morgan fingerprint density at radius 3 is 2.85 bits per heavy atom. The van der Waals surface area contributed by atoms with Crippen molar-refractivity contribution in [2.75, 3.05) is 6.61 Å². The lowest BCUT2D eigenvalue weighted by Gasteiger charge is -2.35. The fraction of sp³-hybridized carbons (Fsp3) is 0.263. The Kier molecular flexibility index (Phi) is 3.81. The standard InChI is InChI=1S/C19H16O7/c1-2-23-18(21)19(22)10-12(13-8-5-9-24-13)15-16(26-19)11-6-3-4-7-14(11)25-17(15)20/h3-9,12,22H,2,10H2,1H3/t12-,19+/m1/s1. The molecule has 4 rings (SSSR count). The lowest BCUT2D eigenvalue weighted by atomic mass is 9.86. The molecule has 0 bridgehead atoms. The van der Waals surface area contributed by atoms with Crippen LogP contribution in [0.3, 0.4) is 0 Å². The highest BCUT2D eigenvalue weighted by Crippen LogP contribution is 2.45. The summed E-state index contributed by atoms with van der Waals surface area (Å²) in [6, 6.07) is 10.1. The average molecular weight is 356 g/mol. The van der Waals surface area contributed by atoms with Crippen molar-refractivity contribution in [3.05, 3.63) is 64.4 Å². The number of aliphatic hydroxyl groups is 1. The first-order chi connectivity index (χ1) is 12.5. The minimum atomic E-state index is -2.24. The molecular weight excluding hydrogens is 340 g/mol. The van der Waals surface area contributed by atoms with Crippen molar-refractivity contribution in [2.45, 2.75) is 25.0 Å². The van der Waals surface area contributed by atoms with Gasteiger partial charge in [-0.2, -0.15) is 0 Å². The fourth-order valence-electron chi connectivity index (χ4n) is 3.24. The molecule has 134 valence electrons. The Morgan fingerprint density at radius 1 is 1.31 bits per heavy atom. The van der Waals surface area contributed by atoms with Crippen LogP contribution >= 0.6 is 0 Å². The molecule has 3 heterocycles. The first-order valence-corrected chi connectivity index (χ1v) is 8.21. The SMILES string of the molecule is CCOC(=O)[C@]1(O)C[C@H](c2ccco2)c2c(c3ccccc3oc2=O)O1. The quantitative estimate of drug-likeness (QED) is 0.569. The highest BCUT2D eigenvalue weighted by molar-refractivity contribution is 5.87. The van der Waals surface area contributed by atoms with E-state index in [1.54, 1.807) is 43.3 Å². The highest BCUT2D eigenvalue weighted by Gasteiger charge is 2.50. The molecule has 0 spiro atoms. The van der Waals surface area contributed by atoms with Gasteiger partial charge in [0.05, 0.1) is 29.7 Å².